The molecule has 0 fully saturated rings. The quantitative estimate of drug-likeness (QED) is 0.184. The number of H-pyrrole nitrogens is 1. The highest BCUT2D eigenvalue weighted by Gasteiger charge is 2.21. The van der Waals surface area contributed by atoms with Crippen LogP contribution in [-0.4, -0.2) is 45.0 Å². The van der Waals surface area contributed by atoms with Gasteiger partial charge in [0.15, 0.2) is 5.78 Å². The van der Waals surface area contributed by atoms with Crippen LogP contribution in [0.1, 0.15) is 28.8 Å². The van der Waals surface area contributed by atoms with Crippen LogP contribution in [0.5, 0.6) is 11.5 Å². The molecule has 0 saturated carbocycles. The number of carbonyl (C=O) groups excluding carboxylic acids is 1. The maximum atomic E-state index is 13.4. The van der Waals surface area contributed by atoms with Crippen molar-refractivity contribution in [3.63, 3.8) is 0 Å². The van der Waals surface area contributed by atoms with Gasteiger partial charge < -0.3 is 25.5 Å². The second-order valence-electron chi connectivity index (χ2n) is 7.40. The summed E-state index contributed by atoms with van der Waals surface area (Å²) in [5.41, 5.74) is 1.25. The number of carbonyl (C=O) groups is 2. The van der Waals surface area contributed by atoms with Gasteiger partial charge in [0.05, 0.1) is 16.0 Å². The molecule has 1 amide bonds. The summed E-state index contributed by atoms with van der Waals surface area (Å²) < 4.78 is 5.79. The first kappa shape index (κ1) is 23.1. The third kappa shape index (κ3) is 5.44. The number of fused-ring (bicyclic) bond motifs is 1. The van der Waals surface area contributed by atoms with Gasteiger partial charge in [0.1, 0.15) is 29.3 Å². The van der Waals surface area contributed by atoms with Crippen molar-refractivity contribution in [2.24, 2.45) is 0 Å². The highest BCUT2D eigenvalue weighted by atomic mass is 35.5. The Bertz CT molecular complexity index is 1310. The van der Waals surface area contributed by atoms with Gasteiger partial charge in [-0.25, -0.2) is 14.8 Å². The number of unbranched alkanes of at least 4 members (excludes halogenated alkanes) is 1. The Morgan fingerprint density at radius 3 is 2.56 bits per heavy atom. The lowest BCUT2D eigenvalue weighted by Crippen LogP contribution is -2.22. The number of amides is 1. The van der Waals surface area contributed by atoms with Crippen LogP contribution in [0.2, 0.25) is 5.02 Å². The van der Waals surface area contributed by atoms with E-state index in [9.17, 15) is 9.59 Å². The first-order valence-corrected chi connectivity index (χ1v) is 11.0. The molecular weight excluding hydrogens is 458 g/mol. The van der Waals surface area contributed by atoms with Crippen molar-refractivity contribution in [2.75, 3.05) is 18.4 Å². The maximum absolute atomic E-state index is 13.4. The molecule has 0 aliphatic carbocycles. The standard InChI is InChI=1S/C24H22ClN5O4/c25-19-12-16(34-15-6-2-1-3-7-15)8-9-17(19)21(31)18-13-28-23-20(18)22(29-14-30-23)26-10-4-5-11-27-24(32)33/h1-3,6-9,12-14,27H,4-5,10-11H2,(H,32,33)(H2,26,28,29,30). The summed E-state index contributed by atoms with van der Waals surface area (Å²) in [5.74, 6) is 1.43. The molecule has 174 valence electrons. The molecular formula is C24H22ClN5O4. The number of anilines is 1. The van der Waals surface area contributed by atoms with Gasteiger partial charge in [-0.1, -0.05) is 29.8 Å². The molecule has 34 heavy (non-hydrogen) atoms. The topological polar surface area (TPSA) is 129 Å². The van der Waals surface area contributed by atoms with Crippen LogP contribution in [0.4, 0.5) is 10.6 Å². The van der Waals surface area contributed by atoms with E-state index in [1.807, 2.05) is 30.3 Å². The average molecular weight is 480 g/mol. The molecule has 10 heteroatoms. The second kappa shape index (κ2) is 10.7. The minimum atomic E-state index is -1.04. The van der Waals surface area contributed by atoms with Crippen LogP contribution < -0.4 is 15.4 Å². The number of rotatable bonds is 10. The zero-order chi connectivity index (χ0) is 23.9. The van der Waals surface area contributed by atoms with Crippen LogP contribution in [0.25, 0.3) is 11.0 Å². The third-order valence-electron chi connectivity index (χ3n) is 5.05. The molecule has 9 nitrogen and oxygen atoms in total. The molecule has 0 radical (unpaired) electrons. The van der Waals surface area contributed by atoms with E-state index in [-0.39, 0.29) is 10.8 Å². The van der Waals surface area contributed by atoms with Gasteiger partial charge in [-0.15, -0.1) is 0 Å². The Morgan fingerprint density at radius 1 is 1.00 bits per heavy atom. The number of para-hydroxylation sites is 1. The van der Waals surface area contributed by atoms with Crippen molar-refractivity contribution in [1.29, 1.82) is 0 Å². The number of carboxylic acid groups (broad SMARTS) is 1. The van der Waals surface area contributed by atoms with E-state index in [0.29, 0.717) is 65.4 Å². The van der Waals surface area contributed by atoms with Gasteiger partial charge in [-0.3, -0.25) is 4.79 Å². The fourth-order valence-electron chi connectivity index (χ4n) is 3.44. The van der Waals surface area contributed by atoms with E-state index in [1.54, 1.807) is 24.4 Å². The van der Waals surface area contributed by atoms with Crippen LogP contribution in [-0.2, 0) is 0 Å². The number of ether oxygens (including phenoxy) is 1. The first-order valence-electron chi connectivity index (χ1n) is 10.6. The fraction of sp³-hybridized carbons (Fsp3) is 0.167. The molecule has 2 heterocycles. The molecule has 4 N–H and O–H groups in total. The number of halogens is 1. The Balaban J connectivity index is 1.51. The van der Waals surface area contributed by atoms with Crippen LogP contribution in [0.3, 0.4) is 0 Å². The van der Waals surface area contributed by atoms with E-state index in [1.165, 1.54) is 6.33 Å². The minimum absolute atomic E-state index is 0.269. The number of ketones is 1. The predicted molar refractivity (Wildman–Crippen MR) is 129 cm³/mol. The minimum Gasteiger partial charge on any atom is -0.465 e. The van der Waals surface area contributed by atoms with Gasteiger partial charge in [0, 0.05) is 30.9 Å². The van der Waals surface area contributed by atoms with E-state index < -0.39 is 6.09 Å². The summed E-state index contributed by atoms with van der Waals surface area (Å²) in [7, 11) is 0. The number of aromatic amines is 1. The van der Waals surface area contributed by atoms with Crippen molar-refractivity contribution in [2.45, 2.75) is 12.8 Å². The lowest BCUT2D eigenvalue weighted by Gasteiger charge is -2.10. The lowest BCUT2D eigenvalue weighted by atomic mass is 10.0. The van der Waals surface area contributed by atoms with Gasteiger partial charge in [0.2, 0.25) is 0 Å². The van der Waals surface area contributed by atoms with Crippen molar-refractivity contribution >= 4 is 40.3 Å². The van der Waals surface area contributed by atoms with Crippen molar-refractivity contribution < 1.29 is 19.4 Å². The monoisotopic (exact) mass is 479 g/mol. The molecule has 4 rings (SSSR count). The second-order valence-corrected chi connectivity index (χ2v) is 7.81. The zero-order valence-electron chi connectivity index (χ0n) is 18.0. The summed E-state index contributed by atoms with van der Waals surface area (Å²) >= 11 is 6.45. The predicted octanol–water partition coefficient (Wildman–Crippen LogP) is 5.09. The van der Waals surface area contributed by atoms with E-state index in [4.69, 9.17) is 21.4 Å². The lowest BCUT2D eigenvalue weighted by molar-refractivity contribution is 0.104. The number of aromatic nitrogens is 3. The molecule has 2 aromatic heterocycles. The van der Waals surface area contributed by atoms with Gasteiger partial charge >= 0.3 is 6.09 Å². The zero-order valence-corrected chi connectivity index (χ0v) is 18.8. The van der Waals surface area contributed by atoms with Crippen molar-refractivity contribution in [3.05, 3.63) is 77.2 Å². The van der Waals surface area contributed by atoms with Gasteiger partial charge in [-0.05, 0) is 37.1 Å². The number of hydrogen-bond acceptors (Lipinski definition) is 6. The molecule has 0 aliphatic rings. The number of nitrogens with zero attached hydrogens (tertiary/aromatic N) is 2. The third-order valence-corrected chi connectivity index (χ3v) is 5.36. The normalized spacial score (nSPS) is 10.7. The Morgan fingerprint density at radius 2 is 1.79 bits per heavy atom. The molecule has 0 aliphatic heterocycles. The van der Waals surface area contributed by atoms with E-state index in [2.05, 4.69) is 25.6 Å². The molecule has 0 bridgehead atoms. The van der Waals surface area contributed by atoms with Gasteiger partial charge in [-0.2, -0.15) is 0 Å². The fourth-order valence-corrected chi connectivity index (χ4v) is 3.70. The summed E-state index contributed by atoms with van der Waals surface area (Å²) in [6, 6.07) is 14.2. The van der Waals surface area contributed by atoms with E-state index >= 15 is 0 Å². The number of nitrogens with one attached hydrogen (secondary N) is 3. The molecule has 0 saturated heterocycles. The molecule has 2 aromatic carbocycles. The highest BCUT2D eigenvalue weighted by molar-refractivity contribution is 6.35. The Labute approximate surface area is 200 Å². The Kier molecular flexibility index (Phi) is 7.24. The largest absolute Gasteiger partial charge is 0.465 e. The van der Waals surface area contributed by atoms with E-state index in [0.717, 1.165) is 0 Å². The number of hydrogen-bond donors (Lipinski definition) is 4. The summed E-state index contributed by atoms with van der Waals surface area (Å²) in [6.07, 6.45) is 3.34. The molecule has 4 aromatic rings. The maximum Gasteiger partial charge on any atom is 0.404 e. The van der Waals surface area contributed by atoms with Crippen molar-refractivity contribution in [1.82, 2.24) is 20.3 Å². The van der Waals surface area contributed by atoms with Crippen LogP contribution in [0.15, 0.2) is 61.1 Å². The van der Waals surface area contributed by atoms with Crippen LogP contribution in [0, 0.1) is 0 Å². The summed E-state index contributed by atoms with van der Waals surface area (Å²) in [5, 5.41) is 15.0. The number of benzene rings is 2. The Hall–Kier alpha value is -4.11. The molecule has 0 atom stereocenters. The smallest absolute Gasteiger partial charge is 0.404 e. The summed E-state index contributed by atoms with van der Waals surface area (Å²) in [6.45, 7) is 0.922. The average Bonchev–Trinajstić information content (AvgIpc) is 3.26. The summed E-state index contributed by atoms with van der Waals surface area (Å²) in [4.78, 5) is 35.4. The first-order chi connectivity index (χ1) is 16.5. The van der Waals surface area contributed by atoms with Crippen LogP contribution >= 0.6 is 11.6 Å². The molecule has 0 unspecified atom stereocenters. The SMILES string of the molecule is O=C(O)NCCCCNc1ncnc2[nH]cc(C(=O)c3ccc(Oc4ccccc4)cc3Cl)c12. The molecule has 0 spiro atoms. The highest BCUT2D eigenvalue weighted by Crippen LogP contribution is 2.31. The van der Waals surface area contributed by atoms with Gasteiger partial charge in [0.25, 0.3) is 0 Å². The van der Waals surface area contributed by atoms with Crippen molar-refractivity contribution in [3.8, 4) is 11.5 Å².